The third-order valence-corrected chi connectivity index (χ3v) is 5.27. The first-order valence-electron chi connectivity index (χ1n) is 8.83. The van der Waals surface area contributed by atoms with Crippen LogP contribution >= 0.6 is 0 Å². The van der Waals surface area contributed by atoms with E-state index in [-0.39, 0.29) is 18.3 Å². The fourth-order valence-corrected chi connectivity index (χ4v) is 4.22. The van der Waals surface area contributed by atoms with Crippen LogP contribution in [0.1, 0.15) is 58.8 Å². The Bertz CT molecular complexity index is 360. The highest BCUT2D eigenvalue weighted by Gasteiger charge is 2.44. The summed E-state index contributed by atoms with van der Waals surface area (Å²) >= 11 is 0. The number of nitrogens with zero attached hydrogens (tertiary/aromatic N) is 1. The normalized spacial score (nSPS) is 34.5. The Morgan fingerprint density at radius 3 is 2.62 bits per heavy atom. The summed E-state index contributed by atoms with van der Waals surface area (Å²) in [6.45, 7) is 6.05. The average molecular weight is 294 g/mol. The van der Waals surface area contributed by atoms with Gasteiger partial charge in [-0.2, -0.15) is 0 Å². The van der Waals surface area contributed by atoms with E-state index in [0.29, 0.717) is 17.7 Å². The molecule has 0 radical (unpaired) electrons. The largest absolute Gasteiger partial charge is 0.376 e. The molecular formula is C17H30N2O2. The molecule has 1 amide bonds. The molecular weight excluding hydrogens is 264 g/mol. The summed E-state index contributed by atoms with van der Waals surface area (Å²) in [5.41, 5.74) is 0. The van der Waals surface area contributed by atoms with E-state index in [1.165, 1.54) is 25.7 Å². The van der Waals surface area contributed by atoms with Gasteiger partial charge in [0, 0.05) is 13.2 Å². The average Bonchev–Trinajstić information content (AvgIpc) is 3.15. The molecule has 0 spiro atoms. The molecule has 3 rings (SSSR count). The van der Waals surface area contributed by atoms with E-state index >= 15 is 0 Å². The number of hydrogen-bond donors (Lipinski definition) is 1. The molecule has 21 heavy (non-hydrogen) atoms. The first kappa shape index (κ1) is 15.3. The summed E-state index contributed by atoms with van der Waals surface area (Å²) in [4.78, 5) is 14.9. The maximum Gasteiger partial charge on any atom is 0.241 e. The predicted molar refractivity (Wildman–Crippen MR) is 82.8 cm³/mol. The molecule has 3 fully saturated rings. The number of amides is 1. The van der Waals surface area contributed by atoms with Gasteiger partial charge >= 0.3 is 0 Å². The summed E-state index contributed by atoms with van der Waals surface area (Å²) in [5.74, 6) is 1.52. The van der Waals surface area contributed by atoms with Crippen molar-refractivity contribution in [3.63, 3.8) is 0 Å². The fraction of sp³-hybridized carbons (Fsp3) is 0.941. The molecule has 0 aromatic rings. The maximum atomic E-state index is 12.8. The number of carbonyl (C=O) groups is 1. The number of nitrogens with one attached hydrogen (secondary N) is 1. The predicted octanol–water partition coefficient (Wildman–Crippen LogP) is 2.53. The van der Waals surface area contributed by atoms with Crippen molar-refractivity contribution in [2.45, 2.75) is 77.1 Å². The van der Waals surface area contributed by atoms with Crippen LogP contribution in [0.15, 0.2) is 0 Å². The monoisotopic (exact) mass is 294 g/mol. The van der Waals surface area contributed by atoms with Gasteiger partial charge in [0.05, 0.1) is 18.3 Å². The van der Waals surface area contributed by atoms with Gasteiger partial charge < -0.3 is 9.64 Å². The van der Waals surface area contributed by atoms with Crippen molar-refractivity contribution in [2.24, 2.45) is 11.8 Å². The van der Waals surface area contributed by atoms with E-state index in [4.69, 9.17) is 4.74 Å². The third kappa shape index (κ3) is 3.42. The molecule has 0 aromatic heterocycles. The van der Waals surface area contributed by atoms with Crippen molar-refractivity contribution in [2.75, 3.05) is 13.2 Å². The van der Waals surface area contributed by atoms with Gasteiger partial charge in [0.15, 0.2) is 0 Å². The Labute approximate surface area is 128 Å². The second kappa shape index (κ2) is 6.66. The molecule has 1 saturated carbocycles. The van der Waals surface area contributed by atoms with E-state index in [0.717, 1.165) is 32.4 Å². The maximum absolute atomic E-state index is 12.8. The van der Waals surface area contributed by atoms with Gasteiger partial charge in [-0.05, 0) is 43.9 Å². The second-order valence-electron chi connectivity index (χ2n) is 7.46. The first-order valence-corrected chi connectivity index (χ1v) is 8.83. The summed E-state index contributed by atoms with van der Waals surface area (Å²) in [6.07, 6.45) is 8.89. The number of hydrogen-bond acceptors (Lipinski definition) is 3. The lowest BCUT2D eigenvalue weighted by Gasteiger charge is -2.30. The lowest BCUT2D eigenvalue weighted by molar-refractivity contribution is -0.132. The van der Waals surface area contributed by atoms with Gasteiger partial charge in [0.1, 0.15) is 0 Å². The van der Waals surface area contributed by atoms with Crippen LogP contribution in [0, 0.1) is 11.8 Å². The van der Waals surface area contributed by atoms with Crippen LogP contribution in [0.4, 0.5) is 0 Å². The van der Waals surface area contributed by atoms with Gasteiger partial charge in [0.25, 0.3) is 0 Å². The molecule has 3 aliphatic rings. The summed E-state index contributed by atoms with van der Waals surface area (Å²) in [7, 11) is 0. The molecule has 0 bridgehead atoms. The minimum absolute atomic E-state index is 0.0250. The third-order valence-electron chi connectivity index (χ3n) is 5.27. The van der Waals surface area contributed by atoms with Crippen molar-refractivity contribution < 1.29 is 9.53 Å². The van der Waals surface area contributed by atoms with Crippen molar-refractivity contribution in [3.05, 3.63) is 0 Å². The van der Waals surface area contributed by atoms with Crippen LogP contribution in [0.3, 0.4) is 0 Å². The van der Waals surface area contributed by atoms with Gasteiger partial charge in [-0.25, -0.2) is 0 Å². The quantitative estimate of drug-likeness (QED) is 0.847. The molecule has 0 aromatic carbocycles. The summed E-state index contributed by atoms with van der Waals surface area (Å²) < 4.78 is 5.77. The minimum Gasteiger partial charge on any atom is -0.376 e. The SMILES string of the molecule is CC(C)CC1NC(C2CCCC2)N(CC2CCCO2)C1=O. The van der Waals surface area contributed by atoms with Crippen molar-refractivity contribution in [1.82, 2.24) is 10.2 Å². The molecule has 2 saturated heterocycles. The Kier molecular flexibility index (Phi) is 4.85. The molecule has 1 N–H and O–H groups in total. The van der Waals surface area contributed by atoms with E-state index in [2.05, 4.69) is 24.1 Å². The molecule has 2 aliphatic heterocycles. The lowest BCUT2D eigenvalue weighted by Crippen LogP contribution is -2.45. The zero-order chi connectivity index (χ0) is 14.8. The van der Waals surface area contributed by atoms with Crippen LogP contribution in [0.2, 0.25) is 0 Å². The van der Waals surface area contributed by atoms with Crippen LogP contribution in [-0.2, 0) is 9.53 Å². The highest BCUT2D eigenvalue weighted by atomic mass is 16.5. The van der Waals surface area contributed by atoms with Crippen molar-refractivity contribution >= 4 is 5.91 Å². The smallest absolute Gasteiger partial charge is 0.241 e. The molecule has 1 aliphatic carbocycles. The highest BCUT2D eigenvalue weighted by Crippen LogP contribution is 2.33. The van der Waals surface area contributed by atoms with E-state index in [9.17, 15) is 4.79 Å². The zero-order valence-corrected chi connectivity index (χ0v) is 13.5. The van der Waals surface area contributed by atoms with Crippen LogP contribution in [0.5, 0.6) is 0 Å². The first-order chi connectivity index (χ1) is 10.1. The summed E-state index contributed by atoms with van der Waals surface area (Å²) in [5, 5.41) is 3.66. The highest BCUT2D eigenvalue weighted by molar-refractivity contribution is 5.84. The van der Waals surface area contributed by atoms with E-state index in [1.54, 1.807) is 0 Å². The molecule has 3 unspecified atom stereocenters. The molecule has 2 heterocycles. The second-order valence-corrected chi connectivity index (χ2v) is 7.46. The number of ether oxygens (including phenoxy) is 1. The molecule has 4 heteroatoms. The Hall–Kier alpha value is -0.610. The standard InChI is InChI=1S/C17H30N2O2/c1-12(2)10-15-17(20)19(11-14-8-5-9-21-14)16(18-15)13-6-3-4-7-13/h12-16,18H,3-11H2,1-2H3. The molecule has 3 atom stereocenters. The zero-order valence-electron chi connectivity index (χ0n) is 13.5. The Morgan fingerprint density at radius 2 is 2.00 bits per heavy atom. The topological polar surface area (TPSA) is 41.6 Å². The van der Waals surface area contributed by atoms with Gasteiger partial charge in [-0.15, -0.1) is 0 Å². The molecule has 120 valence electrons. The van der Waals surface area contributed by atoms with Crippen LogP contribution in [-0.4, -0.2) is 42.3 Å². The van der Waals surface area contributed by atoms with Crippen molar-refractivity contribution in [1.29, 1.82) is 0 Å². The van der Waals surface area contributed by atoms with E-state index < -0.39 is 0 Å². The van der Waals surface area contributed by atoms with Crippen LogP contribution in [0.25, 0.3) is 0 Å². The minimum atomic E-state index is 0.0250. The lowest BCUT2D eigenvalue weighted by atomic mass is 10.0. The van der Waals surface area contributed by atoms with Crippen LogP contribution < -0.4 is 5.32 Å². The number of carbonyl (C=O) groups excluding carboxylic acids is 1. The summed E-state index contributed by atoms with van der Waals surface area (Å²) in [6, 6.07) is 0.0250. The Morgan fingerprint density at radius 1 is 1.24 bits per heavy atom. The van der Waals surface area contributed by atoms with Gasteiger partial charge in [-0.1, -0.05) is 26.7 Å². The fourth-order valence-electron chi connectivity index (χ4n) is 4.22. The van der Waals surface area contributed by atoms with Gasteiger partial charge in [-0.3, -0.25) is 10.1 Å². The van der Waals surface area contributed by atoms with Crippen molar-refractivity contribution in [3.8, 4) is 0 Å². The molecule has 4 nitrogen and oxygen atoms in total. The Balaban J connectivity index is 1.69. The van der Waals surface area contributed by atoms with E-state index in [1.807, 2.05) is 0 Å². The van der Waals surface area contributed by atoms with Gasteiger partial charge in [0.2, 0.25) is 5.91 Å². The number of rotatable bonds is 5.